The van der Waals surface area contributed by atoms with Crippen LogP contribution in [-0.2, 0) is 0 Å². The summed E-state index contributed by atoms with van der Waals surface area (Å²) in [6.07, 6.45) is 5.90. The number of likely N-dealkylation sites (tertiary alicyclic amines) is 1. The van der Waals surface area contributed by atoms with Crippen molar-refractivity contribution in [3.05, 3.63) is 0 Å². The Morgan fingerprint density at radius 3 is 2.55 bits per heavy atom. The molecule has 0 aromatic rings. The molecular weight excluding hydrogens is 136 g/mol. The number of nitrogens with zero attached hydrogens (tertiary/aromatic N) is 1. The van der Waals surface area contributed by atoms with Gasteiger partial charge >= 0.3 is 0 Å². The number of rotatable bonds is 1. The minimum Gasteiger partial charge on any atom is -0.318 e. The monoisotopic (exact) mass is 152 g/mol. The van der Waals surface area contributed by atoms with Crippen LogP contribution in [0.5, 0.6) is 0 Å². The SMILES string of the molecule is NCN1CC2CCC23CCC13. The van der Waals surface area contributed by atoms with Gasteiger partial charge in [0.1, 0.15) is 0 Å². The van der Waals surface area contributed by atoms with E-state index < -0.39 is 0 Å². The molecule has 3 unspecified atom stereocenters. The molecule has 0 bridgehead atoms. The van der Waals surface area contributed by atoms with Gasteiger partial charge in [-0.1, -0.05) is 0 Å². The molecule has 1 spiro atoms. The van der Waals surface area contributed by atoms with E-state index >= 15 is 0 Å². The molecule has 2 saturated carbocycles. The molecule has 3 fully saturated rings. The Morgan fingerprint density at radius 1 is 1.36 bits per heavy atom. The van der Waals surface area contributed by atoms with Crippen molar-refractivity contribution in [2.45, 2.75) is 31.7 Å². The third-order valence-electron chi connectivity index (χ3n) is 4.45. The van der Waals surface area contributed by atoms with Gasteiger partial charge in [-0.05, 0) is 37.0 Å². The molecule has 11 heavy (non-hydrogen) atoms. The molecule has 0 radical (unpaired) electrons. The summed E-state index contributed by atoms with van der Waals surface area (Å²) >= 11 is 0. The quantitative estimate of drug-likeness (QED) is 0.601. The maximum atomic E-state index is 5.70. The first-order chi connectivity index (χ1) is 5.37. The summed E-state index contributed by atoms with van der Waals surface area (Å²) in [4.78, 5) is 2.50. The number of nitrogens with two attached hydrogens (primary N) is 1. The maximum Gasteiger partial charge on any atom is 0.0458 e. The number of hydrogen-bond acceptors (Lipinski definition) is 2. The van der Waals surface area contributed by atoms with Gasteiger partial charge in [-0.3, -0.25) is 4.90 Å². The molecule has 3 atom stereocenters. The van der Waals surface area contributed by atoms with Crippen LogP contribution in [0.25, 0.3) is 0 Å². The molecule has 0 aromatic heterocycles. The van der Waals surface area contributed by atoms with E-state index in [2.05, 4.69) is 4.90 Å². The van der Waals surface area contributed by atoms with Crippen LogP contribution < -0.4 is 5.73 Å². The molecule has 2 N–H and O–H groups in total. The van der Waals surface area contributed by atoms with Crippen LogP contribution >= 0.6 is 0 Å². The first-order valence-corrected chi connectivity index (χ1v) is 4.81. The highest BCUT2D eigenvalue weighted by molar-refractivity contribution is 5.15. The third kappa shape index (κ3) is 0.541. The van der Waals surface area contributed by atoms with Gasteiger partial charge in [-0.25, -0.2) is 0 Å². The van der Waals surface area contributed by atoms with Gasteiger partial charge in [-0.2, -0.15) is 0 Å². The highest BCUT2D eigenvalue weighted by Crippen LogP contribution is 2.65. The van der Waals surface area contributed by atoms with E-state index in [1.165, 1.54) is 32.2 Å². The van der Waals surface area contributed by atoms with Gasteiger partial charge < -0.3 is 5.73 Å². The zero-order chi connectivity index (χ0) is 7.47. The van der Waals surface area contributed by atoms with E-state index in [1.54, 1.807) is 0 Å². The summed E-state index contributed by atoms with van der Waals surface area (Å²) in [5.41, 5.74) is 6.49. The molecule has 2 aliphatic carbocycles. The predicted octanol–water partition coefficient (Wildman–Crippen LogP) is 0.777. The Bertz CT molecular complexity index is 188. The predicted molar refractivity (Wildman–Crippen MR) is 43.9 cm³/mol. The van der Waals surface area contributed by atoms with E-state index in [-0.39, 0.29) is 0 Å². The van der Waals surface area contributed by atoms with Gasteiger partial charge in [0.05, 0.1) is 0 Å². The Balaban J connectivity index is 1.87. The molecule has 0 aromatic carbocycles. The van der Waals surface area contributed by atoms with Gasteiger partial charge in [0.15, 0.2) is 0 Å². The van der Waals surface area contributed by atoms with Crippen LogP contribution in [0.3, 0.4) is 0 Å². The molecule has 1 aliphatic heterocycles. The van der Waals surface area contributed by atoms with E-state index in [4.69, 9.17) is 5.73 Å². The molecule has 0 amide bonds. The van der Waals surface area contributed by atoms with Crippen LogP contribution in [0, 0.1) is 11.3 Å². The summed E-state index contributed by atoms with van der Waals surface area (Å²) in [5, 5.41) is 0. The Hall–Kier alpha value is -0.0800. The van der Waals surface area contributed by atoms with Gasteiger partial charge in [0.25, 0.3) is 0 Å². The zero-order valence-corrected chi connectivity index (χ0v) is 6.92. The van der Waals surface area contributed by atoms with E-state index in [9.17, 15) is 0 Å². The summed E-state index contributed by atoms with van der Waals surface area (Å²) < 4.78 is 0. The van der Waals surface area contributed by atoms with Gasteiger partial charge in [0.2, 0.25) is 0 Å². The van der Waals surface area contributed by atoms with E-state index in [0.717, 1.165) is 24.0 Å². The number of hydrogen-bond donors (Lipinski definition) is 1. The highest BCUT2D eigenvalue weighted by Gasteiger charge is 2.63. The van der Waals surface area contributed by atoms with Crippen molar-refractivity contribution in [1.82, 2.24) is 4.90 Å². The van der Waals surface area contributed by atoms with Crippen LogP contribution in [0.2, 0.25) is 0 Å². The molecule has 2 nitrogen and oxygen atoms in total. The molecule has 1 heterocycles. The summed E-state index contributed by atoms with van der Waals surface area (Å²) in [6.45, 7) is 2.10. The Labute approximate surface area is 67.7 Å². The van der Waals surface area contributed by atoms with Crippen molar-refractivity contribution in [2.24, 2.45) is 17.1 Å². The summed E-state index contributed by atoms with van der Waals surface area (Å²) in [5.74, 6) is 1.03. The van der Waals surface area contributed by atoms with Crippen molar-refractivity contribution >= 4 is 0 Å². The van der Waals surface area contributed by atoms with Crippen molar-refractivity contribution in [1.29, 1.82) is 0 Å². The largest absolute Gasteiger partial charge is 0.318 e. The standard InChI is InChI=1S/C9H16N2/c10-6-11-5-7-1-3-9(7)4-2-8(9)11/h7-8H,1-6,10H2. The van der Waals surface area contributed by atoms with Crippen molar-refractivity contribution < 1.29 is 0 Å². The zero-order valence-electron chi connectivity index (χ0n) is 6.92. The lowest BCUT2D eigenvalue weighted by molar-refractivity contribution is -0.0460. The van der Waals surface area contributed by atoms with Crippen LogP contribution in [-0.4, -0.2) is 24.2 Å². The lowest BCUT2D eigenvalue weighted by Crippen LogP contribution is -2.54. The van der Waals surface area contributed by atoms with Crippen LogP contribution in [0.4, 0.5) is 0 Å². The summed E-state index contributed by atoms with van der Waals surface area (Å²) in [6, 6.07) is 0.895. The fourth-order valence-corrected chi connectivity index (χ4v) is 3.56. The highest BCUT2D eigenvalue weighted by atomic mass is 15.3. The average Bonchev–Trinajstić information content (AvgIpc) is 2.04. The Morgan fingerprint density at radius 2 is 2.18 bits per heavy atom. The average molecular weight is 152 g/mol. The molecule has 2 heteroatoms. The molecule has 62 valence electrons. The van der Waals surface area contributed by atoms with Crippen molar-refractivity contribution in [3.8, 4) is 0 Å². The van der Waals surface area contributed by atoms with Crippen molar-refractivity contribution in [2.75, 3.05) is 13.2 Å². The van der Waals surface area contributed by atoms with Gasteiger partial charge in [0, 0.05) is 19.3 Å². The van der Waals surface area contributed by atoms with Crippen molar-refractivity contribution in [3.63, 3.8) is 0 Å². The first-order valence-electron chi connectivity index (χ1n) is 4.81. The fraction of sp³-hybridized carbons (Fsp3) is 1.00. The van der Waals surface area contributed by atoms with Gasteiger partial charge in [-0.15, -0.1) is 0 Å². The molecule has 3 rings (SSSR count). The van der Waals surface area contributed by atoms with Crippen LogP contribution in [0.15, 0.2) is 0 Å². The molecule has 3 aliphatic rings. The molecule has 1 saturated heterocycles. The lowest BCUT2D eigenvalue weighted by Gasteiger charge is -2.56. The lowest BCUT2D eigenvalue weighted by atomic mass is 9.50. The van der Waals surface area contributed by atoms with E-state index in [1.807, 2.05) is 0 Å². The normalized spacial score (nSPS) is 54.3. The van der Waals surface area contributed by atoms with Crippen LogP contribution in [0.1, 0.15) is 25.7 Å². The molecular formula is C9H16N2. The second kappa shape index (κ2) is 1.80. The third-order valence-corrected chi connectivity index (χ3v) is 4.45. The minimum atomic E-state index is 0.791. The first kappa shape index (κ1) is 6.44. The van der Waals surface area contributed by atoms with E-state index in [0.29, 0.717) is 0 Å². The maximum absolute atomic E-state index is 5.70. The second-order valence-electron chi connectivity index (χ2n) is 4.48. The minimum absolute atomic E-state index is 0.791. The summed E-state index contributed by atoms with van der Waals surface area (Å²) in [7, 11) is 0. The fourth-order valence-electron chi connectivity index (χ4n) is 3.56. The smallest absolute Gasteiger partial charge is 0.0458 e. The Kier molecular flexibility index (Phi) is 1.06. The second-order valence-corrected chi connectivity index (χ2v) is 4.48. The topological polar surface area (TPSA) is 29.3 Å².